The van der Waals surface area contributed by atoms with Crippen LogP contribution in [-0.4, -0.2) is 33.6 Å². The molecule has 4 N–H and O–H groups in total. The van der Waals surface area contributed by atoms with E-state index in [1.165, 1.54) is 0 Å². The Kier molecular flexibility index (Phi) is 3.51. The predicted octanol–water partition coefficient (Wildman–Crippen LogP) is 2.10. The van der Waals surface area contributed by atoms with E-state index in [9.17, 15) is 20.4 Å². The number of aromatic hydroxyl groups is 2. The Labute approximate surface area is 138 Å². The molecule has 0 aliphatic heterocycles. The molecule has 0 amide bonds. The maximum Gasteiger partial charge on any atom is 0.115 e. The van der Waals surface area contributed by atoms with Crippen LogP contribution in [0.4, 0.5) is 0 Å². The minimum absolute atomic E-state index is 0.0313. The van der Waals surface area contributed by atoms with Gasteiger partial charge in [-0.25, -0.2) is 0 Å². The fraction of sp³-hybridized carbons (Fsp3) is 0.333. The van der Waals surface area contributed by atoms with Gasteiger partial charge in [0.15, 0.2) is 0 Å². The van der Waals surface area contributed by atoms with Crippen LogP contribution >= 0.6 is 0 Å². The number of hydrogen-bond donors (Lipinski definition) is 4. The molecule has 4 nitrogen and oxygen atoms in total. The lowest BCUT2D eigenvalue weighted by molar-refractivity contribution is 0.119. The predicted molar refractivity (Wildman–Crippen MR) is 84.8 cm³/mol. The molecule has 0 fully saturated rings. The van der Waals surface area contributed by atoms with Crippen molar-refractivity contribution in [1.29, 1.82) is 0 Å². The highest BCUT2D eigenvalue weighted by Crippen LogP contribution is 2.24. The zero-order chi connectivity index (χ0) is 21.2. The normalized spacial score (nSPS) is 17.5. The highest BCUT2D eigenvalue weighted by atomic mass is 16.3. The highest BCUT2D eigenvalue weighted by molar-refractivity contribution is 5.29. The molecule has 2 aromatic carbocycles. The van der Waals surface area contributed by atoms with Gasteiger partial charge in [-0.3, -0.25) is 0 Å². The van der Waals surface area contributed by atoms with Gasteiger partial charge >= 0.3 is 0 Å². The van der Waals surface area contributed by atoms with Gasteiger partial charge in [-0.15, -0.1) is 0 Å². The van der Waals surface area contributed by atoms with E-state index in [4.69, 9.17) is 8.22 Å². The average Bonchev–Trinajstić information content (AvgIpc) is 2.65. The third-order valence-electron chi connectivity index (χ3n) is 3.52. The van der Waals surface area contributed by atoms with E-state index in [-0.39, 0.29) is 60.2 Å². The Balaban J connectivity index is 2.36. The van der Waals surface area contributed by atoms with Gasteiger partial charge in [0.1, 0.15) is 11.5 Å². The number of benzene rings is 2. The van der Waals surface area contributed by atoms with Crippen molar-refractivity contribution in [2.45, 2.75) is 12.8 Å². The summed E-state index contributed by atoms with van der Waals surface area (Å²) in [5.74, 6) is -2.46. The largest absolute Gasteiger partial charge is 0.508 e. The third-order valence-corrected chi connectivity index (χ3v) is 3.52. The standard InChI is InChI=1S/C18H22O4/c19-11-15(7-13-3-1-5-17(21)9-13)16(12-20)8-14-4-2-6-18(22)10-14/h1-6,9-10,15-16,19-22H,7-8,11-12H2/t15-,16-/m0/s1/i3D,4D,5D,6D,9D,10D. The Bertz CT molecular complexity index is 803. The van der Waals surface area contributed by atoms with E-state index in [1.807, 2.05) is 0 Å². The number of aliphatic hydroxyl groups is 2. The summed E-state index contributed by atoms with van der Waals surface area (Å²) in [4.78, 5) is 0. The summed E-state index contributed by atoms with van der Waals surface area (Å²) < 4.78 is 46.8. The summed E-state index contributed by atoms with van der Waals surface area (Å²) in [6.07, 6.45) is -0.0627. The Morgan fingerprint density at radius 2 is 1.18 bits per heavy atom. The van der Waals surface area contributed by atoms with Crippen molar-refractivity contribution in [3.05, 3.63) is 59.5 Å². The van der Waals surface area contributed by atoms with E-state index >= 15 is 0 Å². The molecule has 0 unspecified atom stereocenters. The summed E-state index contributed by atoms with van der Waals surface area (Å²) in [6, 6.07) is 0.462. The Morgan fingerprint density at radius 3 is 1.55 bits per heavy atom. The Hall–Kier alpha value is -2.04. The van der Waals surface area contributed by atoms with Crippen molar-refractivity contribution in [2.75, 3.05) is 13.2 Å². The number of hydrogen-bond acceptors (Lipinski definition) is 4. The Morgan fingerprint density at radius 1 is 0.773 bits per heavy atom. The molecule has 0 aliphatic carbocycles. The molecule has 2 atom stereocenters. The van der Waals surface area contributed by atoms with Gasteiger partial charge in [-0.1, -0.05) is 24.2 Å². The van der Waals surface area contributed by atoms with Crippen molar-refractivity contribution < 1.29 is 28.7 Å². The summed E-state index contributed by atoms with van der Waals surface area (Å²) in [5.41, 5.74) is 0.236. The molecule has 0 spiro atoms. The minimum atomic E-state index is -0.661. The fourth-order valence-electron chi connectivity index (χ4n) is 2.32. The van der Waals surface area contributed by atoms with Crippen LogP contribution < -0.4 is 0 Å². The van der Waals surface area contributed by atoms with E-state index in [2.05, 4.69) is 0 Å². The molecule has 0 aliphatic rings. The van der Waals surface area contributed by atoms with Crippen molar-refractivity contribution in [3.8, 4) is 11.5 Å². The van der Waals surface area contributed by atoms with Gasteiger partial charge in [0.2, 0.25) is 0 Å². The highest BCUT2D eigenvalue weighted by Gasteiger charge is 2.21. The molecule has 0 heterocycles. The van der Waals surface area contributed by atoms with Gasteiger partial charge in [0.05, 0.1) is 8.22 Å². The molecule has 22 heavy (non-hydrogen) atoms. The quantitative estimate of drug-likeness (QED) is 0.631. The number of phenolic OH excluding ortho intramolecular Hbond substituents is 2. The zero-order valence-electron chi connectivity index (χ0n) is 17.9. The van der Waals surface area contributed by atoms with E-state index in [0.717, 1.165) is 12.1 Å². The van der Waals surface area contributed by atoms with Gasteiger partial charge in [-0.05, 0) is 60.0 Å². The minimum Gasteiger partial charge on any atom is -0.508 e. The lowest BCUT2D eigenvalue weighted by Crippen LogP contribution is -2.26. The molecule has 0 saturated heterocycles. The first-order valence-corrected chi connectivity index (χ1v) is 6.91. The smallest absolute Gasteiger partial charge is 0.115 e. The summed E-state index contributed by atoms with van der Waals surface area (Å²) in [7, 11) is 0. The molecule has 2 aromatic rings. The lowest BCUT2D eigenvalue weighted by atomic mass is 9.83. The van der Waals surface area contributed by atoms with Crippen molar-refractivity contribution in [3.63, 3.8) is 0 Å². The van der Waals surface area contributed by atoms with E-state index in [1.54, 1.807) is 0 Å². The van der Waals surface area contributed by atoms with Crippen LogP contribution in [-0.2, 0) is 12.8 Å². The molecular weight excluding hydrogens is 280 g/mol. The molecule has 0 bridgehead atoms. The maximum absolute atomic E-state index is 9.80. The third kappa shape index (κ3) is 4.48. The molecule has 0 saturated carbocycles. The van der Waals surface area contributed by atoms with Crippen LogP contribution in [0.5, 0.6) is 11.5 Å². The first kappa shape index (κ1) is 9.87. The van der Waals surface area contributed by atoms with Crippen LogP contribution in [0, 0.1) is 11.8 Å². The lowest BCUT2D eigenvalue weighted by Gasteiger charge is -2.24. The molecule has 2 rings (SSSR count). The van der Waals surface area contributed by atoms with Crippen molar-refractivity contribution >= 4 is 0 Å². The number of aliphatic hydroxyl groups excluding tert-OH is 2. The summed E-state index contributed by atoms with van der Waals surface area (Å²) in [6.45, 7) is -0.840. The molecule has 0 radical (unpaired) electrons. The fourth-order valence-corrected chi connectivity index (χ4v) is 2.32. The molecule has 4 heteroatoms. The summed E-state index contributed by atoms with van der Waals surface area (Å²) >= 11 is 0. The first-order valence-electron chi connectivity index (χ1n) is 9.91. The average molecular weight is 308 g/mol. The zero-order valence-corrected chi connectivity index (χ0v) is 11.9. The van der Waals surface area contributed by atoms with E-state index < -0.39 is 36.5 Å². The number of phenols is 2. The van der Waals surface area contributed by atoms with Gasteiger partial charge in [0.25, 0.3) is 0 Å². The van der Waals surface area contributed by atoms with E-state index in [0.29, 0.717) is 0 Å². The molecular formula is C18H22O4. The van der Waals surface area contributed by atoms with Gasteiger partial charge < -0.3 is 20.4 Å². The second-order valence-corrected chi connectivity index (χ2v) is 5.06. The van der Waals surface area contributed by atoms with Crippen molar-refractivity contribution in [1.82, 2.24) is 0 Å². The summed E-state index contributed by atoms with van der Waals surface area (Å²) in [5, 5.41) is 39.2. The second-order valence-electron chi connectivity index (χ2n) is 5.06. The SMILES string of the molecule is [2H]c1cc([2H])c(C[C@@H](CO)[C@H](CO)Cc2c([2H])cc([2H])c(O)c2[2H])c([2H])c1O. The first-order chi connectivity index (χ1) is 13.1. The van der Waals surface area contributed by atoms with Crippen LogP contribution in [0.3, 0.4) is 0 Å². The monoisotopic (exact) mass is 308 g/mol. The van der Waals surface area contributed by atoms with Crippen molar-refractivity contribution in [2.24, 2.45) is 11.8 Å². The van der Waals surface area contributed by atoms with Gasteiger partial charge in [0, 0.05) is 13.2 Å². The topological polar surface area (TPSA) is 80.9 Å². The van der Waals surface area contributed by atoms with Crippen LogP contribution in [0.25, 0.3) is 0 Å². The number of rotatable bonds is 7. The van der Waals surface area contributed by atoms with Crippen LogP contribution in [0.2, 0.25) is 0 Å². The maximum atomic E-state index is 9.80. The molecule has 118 valence electrons. The second kappa shape index (κ2) is 7.82. The van der Waals surface area contributed by atoms with Crippen LogP contribution in [0.1, 0.15) is 19.4 Å². The van der Waals surface area contributed by atoms with Crippen LogP contribution in [0.15, 0.2) is 48.4 Å². The molecule has 0 aromatic heterocycles. The van der Waals surface area contributed by atoms with Gasteiger partial charge in [-0.2, -0.15) is 0 Å².